The van der Waals surface area contributed by atoms with Crippen LogP contribution in [-0.4, -0.2) is 15.2 Å². The number of hydrazine groups is 1. The van der Waals surface area contributed by atoms with E-state index in [0.717, 1.165) is 29.6 Å². The zero-order valence-electron chi connectivity index (χ0n) is 10.9. The molecule has 6 heteroatoms. The zero-order chi connectivity index (χ0) is 13.8. The molecule has 0 aliphatic rings. The first-order valence-electron chi connectivity index (χ1n) is 6.05. The summed E-state index contributed by atoms with van der Waals surface area (Å²) in [5.74, 6) is 5.22. The van der Waals surface area contributed by atoms with Gasteiger partial charge in [0.1, 0.15) is 5.82 Å². The molecule has 0 amide bonds. The summed E-state index contributed by atoms with van der Waals surface area (Å²) in [6.07, 6.45) is 3.47. The average molecular weight is 261 g/mol. The Bertz CT molecular complexity index is 573. The van der Waals surface area contributed by atoms with Crippen LogP contribution in [0.25, 0.3) is 0 Å². The standard InChI is InChI=1S/C13H16FN5/c1-3-12-11(4-8(2)18-19-12)13(17-15)9-5-10(14)7-16-6-9/h4-7,13,17H,3,15H2,1-2H3. The van der Waals surface area contributed by atoms with Gasteiger partial charge in [0.2, 0.25) is 0 Å². The van der Waals surface area contributed by atoms with E-state index in [1.807, 2.05) is 19.9 Å². The van der Waals surface area contributed by atoms with Crippen molar-refractivity contribution in [2.75, 3.05) is 0 Å². The van der Waals surface area contributed by atoms with E-state index in [-0.39, 0.29) is 6.04 Å². The van der Waals surface area contributed by atoms with Crippen molar-refractivity contribution in [3.05, 3.63) is 52.9 Å². The number of nitrogens with zero attached hydrogens (tertiary/aromatic N) is 3. The van der Waals surface area contributed by atoms with Crippen molar-refractivity contribution in [1.82, 2.24) is 20.6 Å². The molecule has 0 bridgehead atoms. The molecular formula is C13H16FN5. The molecule has 0 radical (unpaired) electrons. The maximum absolute atomic E-state index is 13.3. The van der Waals surface area contributed by atoms with Gasteiger partial charge in [-0.05, 0) is 31.0 Å². The zero-order valence-corrected chi connectivity index (χ0v) is 10.9. The maximum Gasteiger partial charge on any atom is 0.141 e. The third-order valence-corrected chi connectivity index (χ3v) is 2.90. The lowest BCUT2D eigenvalue weighted by molar-refractivity contribution is 0.592. The van der Waals surface area contributed by atoms with Gasteiger partial charge >= 0.3 is 0 Å². The van der Waals surface area contributed by atoms with Crippen LogP contribution in [0, 0.1) is 12.7 Å². The molecule has 2 aromatic rings. The number of pyridine rings is 1. The molecule has 0 fully saturated rings. The predicted octanol–water partition coefficient (Wildman–Crippen LogP) is 1.43. The Kier molecular flexibility index (Phi) is 4.13. The van der Waals surface area contributed by atoms with Crippen molar-refractivity contribution >= 4 is 0 Å². The van der Waals surface area contributed by atoms with Gasteiger partial charge in [-0.3, -0.25) is 10.8 Å². The van der Waals surface area contributed by atoms with E-state index in [4.69, 9.17) is 5.84 Å². The predicted molar refractivity (Wildman–Crippen MR) is 69.5 cm³/mol. The molecule has 100 valence electrons. The molecule has 0 saturated carbocycles. The van der Waals surface area contributed by atoms with Crippen molar-refractivity contribution in [3.8, 4) is 0 Å². The van der Waals surface area contributed by atoms with Gasteiger partial charge in [0.15, 0.2) is 0 Å². The third kappa shape index (κ3) is 2.91. The van der Waals surface area contributed by atoms with E-state index >= 15 is 0 Å². The minimum atomic E-state index is -0.394. The summed E-state index contributed by atoms with van der Waals surface area (Å²) in [6, 6.07) is 2.96. The highest BCUT2D eigenvalue weighted by Gasteiger charge is 2.18. The molecule has 0 spiro atoms. The Balaban J connectivity index is 2.50. The number of hydrogen-bond donors (Lipinski definition) is 2. The van der Waals surface area contributed by atoms with Crippen LogP contribution in [0.5, 0.6) is 0 Å². The summed E-state index contributed by atoms with van der Waals surface area (Å²) in [7, 11) is 0. The van der Waals surface area contributed by atoms with E-state index in [0.29, 0.717) is 5.56 Å². The van der Waals surface area contributed by atoms with Crippen molar-refractivity contribution < 1.29 is 4.39 Å². The monoisotopic (exact) mass is 261 g/mol. The molecular weight excluding hydrogens is 245 g/mol. The summed E-state index contributed by atoms with van der Waals surface area (Å²) in [4.78, 5) is 3.85. The Morgan fingerprint density at radius 1 is 1.32 bits per heavy atom. The largest absolute Gasteiger partial charge is 0.271 e. The molecule has 0 saturated heterocycles. The summed E-state index contributed by atoms with van der Waals surface area (Å²) in [5, 5.41) is 8.18. The van der Waals surface area contributed by atoms with Crippen LogP contribution in [0.2, 0.25) is 0 Å². The van der Waals surface area contributed by atoms with E-state index in [2.05, 4.69) is 20.6 Å². The first kappa shape index (κ1) is 13.5. The van der Waals surface area contributed by atoms with Crippen molar-refractivity contribution in [2.24, 2.45) is 5.84 Å². The smallest absolute Gasteiger partial charge is 0.141 e. The Morgan fingerprint density at radius 3 is 2.74 bits per heavy atom. The first-order chi connectivity index (χ1) is 9.15. The number of aryl methyl sites for hydroxylation is 2. The molecule has 2 rings (SSSR count). The normalized spacial score (nSPS) is 12.4. The van der Waals surface area contributed by atoms with E-state index in [9.17, 15) is 4.39 Å². The Labute approximate surface area is 111 Å². The Hall–Kier alpha value is -1.92. The summed E-state index contributed by atoms with van der Waals surface area (Å²) in [6.45, 7) is 3.84. The van der Waals surface area contributed by atoms with Crippen molar-refractivity contribution in [2.45, 2.75) is 26.3 Å². The van der Waals surface area contributed by atoms with Crippen LogP contribution >= 0.6 is 0 Å². The summed E-state index contributed by atoms with van der Waals surface area (Å²) in [5.41, 5.74) is 5.86. The lowest BCUT2D eigenvalue weighted by Crippen LogP contribution is -2.30. The number of halogens is 1. The topological polar surface area (TPSA) is 76.7 Å². The second-order valence-corrected chi connectivity index (χ2v) is 4.28. The lowest BCUT2D eigenvalue weighted by Gasteiger charge is -2.19. The minimum absolute atomic E-state index is 0.354. The van der Waals surface area contributed by atoms with Gasteiger partial charge in [0, 0.05) is 11.8 Å². The fraction of sp³-hybridized carbons (Fsp3) is 0.308. The van der Waals surface area contributed by atoms with Crippen molar-refractivity contribution in [3.63, 3.8) is 0 Å². The van der Waals surface area contributed by atoms with Gasteiger partial charge in [-0.2, -0.15) is 10.2 Å². The van der Waals surface area contributed by atoms with Crippen LogP contribution in [-0.2, 0) is 6.42 Å². The average Bonchev–Trinajstić information content (AvgIpc) is 2.40. The minimum Gasteiger partial charge on any atom is -0.271 e. The molecule has 0 aliphatic carbocycles. The SMILES string of the molecule is CCc1nnc(C)cc1C(NN)c1cncc(F)c1. The van der Waals surface area contributed by atoms with Gasteiger partial charge in [-0.25, -0.2) is 9.82 Å². The highest BCUT2D eigenvalue weighted by Crippen LogP contribution is 2.24. The van der Waals surface area contributed by atoms with Crippen LogP contribution in [0.15, 0.2) is 24.5 Å². The van der Waals surface area contributed by atoms with Crippen LogP contribution in [0.3, 0.4) is 0 Å². The van der Waals surface area contributed by atoms with E-state index in [1.54, 1.807) is 6.20 Å². The number of aromatic nitrogens is 3. The van der Waals surface area contributed by atoms with Gasteiger partial charge in [0.05, 0.1) is 23.6 Å². The van der Waals surface area contributed by atoms with E-state index in [1.165, 1.54) is 6.07 Å². The second-order valence-electron chi connectivity index (χ2n) is 4.28. The molecule has 0 aliphatic heterocycles. The highest BCUT2D eigenvalue weighted by atomic mass is 19.1. The molecule has 0 aromatic carbocycles. The summed E-state index contributed by atoms with van der Waals surface area (Å²) < 4.78 is 13.3. The summed E-state index contributed by atoms with van der Waals surface area (Å²) >= 11 is 0. The molecule has 1 unspecified atom stereocenters. The molecule has 1 atom stereocenters. The van der Waals surface area contributed by atoms with Crippen LogP contribution in [0.1, 0.15) is 35.5 Å². The van der Waals surface area contributed by atoms with Gasteiger partial charge < -0.3 is 0 Å². The third-order valence-electron chi connectivity index (χ3n) is 2.90. The fourth-order valence-corrected chi connectivity index (χ4v) is 2.01. The first-order valence-corrected chi connectivity index (χ1v) is 6.05. The quantitative estimate of drug-likeness (QED) is 0.643. The fourth-order valence-electron chi connectivity index (χ4n) is 2.01. The lowest BCUT2D eigenvalue weighted by atomic mass is 9.98. The van der Waals surface area contributed by atoms with E-state index < -0.39 is 5.82 Å². The molecule has 2 heterocycles. The number of hydrogen-bond acceptors (Lipinski definition) is 5. The highest BCUT2D eigenvalue weighted by molar-refractivity contribution is 5.33. The maximum atomic E-state index is 13.3. The van der Waals surface area contributed by atoms with Crippen molar-refractivity contribution in [1.29, 1.82) is 0 Å². The number of nitrogens with one attached hydrogen (secondary N) is 1. The Morgan fingerprint density at radius 2 is 2.11 bits per heavy atom. The molecule has 3 N–H and O–H groups in total. The number of rotatable bonds is 4. The van der Waals surface area contributed by atoms with Gasteiger partial charge in [-0.15, -0.1) is 0 Å². The van der Waals surface area contributed by atoms with Gasteiger partial charge in [-0.1, -0.05) is 6.92 Å². The molecule has 5 nitrogen and oxygen atoms in total. The second kappa shape index (κ2) is 5.81. The molecule has 2 aromatic heterocycles. The van der Waals surface area contributed by atoms with Crippen LogP contribution < -0.4 is 11.3 Å². The van der Waals surface area contributed by atoms with Gasteiger partial charge in [0.25, 0.3) is 0 Å². The van der Waals surface area contributed by atoms with Crippen LogP contribution in [0.4, 0.5) is 4.39 Å². The number of nitrogens with two attached hydrogens (primary N) is 1. The molecule has 19 heavy (non-hydrogen) atoms.